The fourth-order valence-electron chi connectivity index (χ4n) is 3.58. The molecule has 1 atom stereocenters. The van der Waals surface area contributed by atoms with Crippen molar-refractivity contribution in [3.05, 3.63) is 59.8 Å². The Morgan fingerprint density at radius 3 is 2.29 bits per heavy atom. The lowest BCUT2D eigenvalue weighted by molar-refractivity contribution is 0.0451. The van der Waals surface area contributed by atoms with Crippen molar-refractivity contribution in [2.45, 2.75) is 66.3 Å². The van der Waals surface area contributed by atoms with Crippen LogP contribution in [0.25, 0.3) is 10.9 Å². The third-order valence-corrected chi connectivity index (χ3v) is 5.44. The normalized spacial score (nSPS) is 12.8. The van der Waals surface area contributed by atoms with E-state index < -0.39 is 17.7 Å². The fraction of sp³-hybridized carbons (Fsp3) is 0.444. The summed E-state index contributed by atoms with van der Waals surface area (Å²) in [6.07, 6.45) is -0.527. The minimum Gasteiger partial charge on any atom is -0.487 e. The number of nitrogens with zero attached hydrogens (tertiary/aromatic N) is 2. The van der Waals surface area contributed by atoms with Crippen LogP contribution in [0.2, 0.25) is 0 Å². The van der Waals surface area contributed by atoms with Crippen LogP contribution in [-0.2, 0) is 22.6 Å². The lowest BCUT2D eigenvalue weighted by Gasteiger charge is -2.32. The number of hydrogen-bond acceptors (Lipinski definition) is 6. The molecular formula is C27H35N3O5. The van der Waals surface area contributed by atoms with Crippen LogP contribution in [0.15, 0.2) is 48.5 Å². The van der Waals surface area contributed by atoms with Gasteiger partial charge in [-0.2, -0.15) is 5.10 Å². The van der Waals surface area contributed by atoms with Crippen LogP contribution >= 0.6 is 0 Å². The van der Waals surface area contributed by atoms with E-state index in [1.165, 1.54) is 7.11 Å². The van der Waals surface area contributed by atoms with E-state index >= 15 is 0 Å². The molecule has 2 aromatic carbocycles. The van der Waals surface area contributed by atoms with Crippen molar-refractivity contribution in [1.82, 2.24) is 15.1 Å². The third kappa shape index (κ3) is 6.74. The molecule has 0 saturated carbocycles. The number of ether oxygens (including phenoxy) is 3. The molecule has 188 valence electrons. The van der Waals surface area contributed by atoms with Gasteiger partial charge >= 0.3 is 12.1 Å². The zero-order valence-corrected chi connectivity index (χ0v) is 21.5. The average Bonchev–Trinajstić information content (AvgIpc) is 3.14. The second-order valence-corrected chi connectivity index (χ2v) is 10.5. The fourth-order valence-corrected chi connectivity index (χ4v) is 3.58. The van der Waals surface area contributed by atoms with Crippen molar-refractivity contribution in [2.75, 3.05) is 7.11 Å². The number of nitrogens with one attached hydrogen (secondary N) is 1. The number of hydrogen-bond donors (Lipinski definition) is 1. The zero-order chi connectivity index (χ0) is 25.8. The third-order valence-electron chi connectivity index (χ3n) is 5.44. The molecule has 0 aliphatic rings. The highest BCUT2D eigenvalue weighted by Crippen LogP contribution is 2.30. The van der Waals surface area contributed by atoms with Gasteiger partial charge in [0.05, 0.1) is 19.7 Å². The molecule has 0 bridgehead atoms. The van der Waals surface area contributed by atoms with Crippen LogP contribution in [0.3, 0.4) is 0 Å². The van der Waals surface area contributed by atoms with Crippen LogP contribution in [0.1, 0.15) is 57.6 Å². The Kier molecular flexibility index (Phi) is 7.73. The summed E-state index contributed by atoms with van der Waals surface area (Å²) in [5.74, 6) is 0.0419. The van der Waals surface area contributed by atoms with Crippen molar-refractivity contribution in [3.8, 4) is 5.75 Å². The summed E-state index contributed by atoms with van der Waals surface area (Å²) in [5.41, 5.74) is 0.887. The minimum atomic E-state index is -0.630. The van der Waals surface area contributed by atoms with Gasteiger partial charge in [-0.25, -0.2) is 9.59 Å². The van der Waals surface area contributed by atoms with Gasteiger partial charge in [0, 0.05) is 5.39 Å². The van der Waals surface area contributed by atoms with Crippen LogP contribution < -0.4 is 10.1 Å². The van der Waals surface area contributed by atoms with Gasteiger partial charge < -0.3 is 19.5 Å². The first-order valence-corrected chi connectivity index (χ1v) is 11.6. The number of methoxy groups -OCH3 is 1. The highest BCUT2D eigenvalue weighted by molar-refractivity contribution is 6.03. The van der Waals surface area contributed by atoms with E-state index in [0.717, 1.165) is 5.56 Å². The van der Waals surface area contributed by atoms with Crippen molar-refractivity contribution in [1.29, 1.82) is 0 Å². The number of aromatic nitrogens is 2. The maximum atomic E-state index is 12.8. The summed E-state index contributed by atoms with van der Waals surface area (Å²) in [4.78, 5) is 25.4. The van der Waals surface area contributed by atoms with E-state index in [4.69, 9.17) is 19.3 Å². The predicted octanol–water partition coefficient (Wildman–Crippen LogP) is 5.34. The van der Waals surface area contributed by atoms with Gasteiger partial charge in [-0.3, -0.25) is 4.68 Å². The van der Waals surface area contributed by atoms with E-state index in [0.29, 0.717) is 29.0 Å². The molecule has 0 aliphatic carbocycles. The molecule has 0 spiro atoms. The summed E-state index contributed by atoms with van der Waals surface area (Å²) in [6, 6.07) is 14.9. The Morgan fingerprint density at radius 1 is 1.00 bits per heavy atom. The van der Waals surface area contributed by atoms with Gasteiger partial charge in [-0.05, 0) is 37.8 Å². The molecule has 8 heteroatoms. The highest BCUT2D eigenvalue weighted by Gasteiger charge is 2.31. The molecule has 35 heavy (non-hydrogen) atoms. The Balaban J connectivity index is 1.97. The summed E-state index contributed by atoms with van der Waals surface area (Å²) in [6.45, 7) is 12.0. The van der Waals surface area contributed by atoms with Crippen LogP contribution in [0.5, 0.6) is 5.75 Å². The molecule has 0 saturated heterocycles. The van der Waals surface area contributed by atoms with Gasteiger partial charge in [0.15, 0.2) is 5.69 Å². The predicted molar refractivity (Wildman–Crippen MR) is 134 cm³/mol. The molecule has 8 nitrogen and oxygen atoms in total. The van der Waals surface area contributed by atoms with E-state index in [1.54, 1.807) is 4.68 Å². The zero-order valence-electron chi connectivity index (χ0n) is 21.5. The van der Waals surface area contributed by atoms with E-state index in [2.05, 4.69) is 5.32 Å². The summed E-state index contributed by atoms with van der Waals surface area (Å²) in [7, 11) is 1.33. The molecule has 1 N–H and O–H groups in total. The number of carbonyl (C=O) groups is 2. The maximum absolute atomic E-state index is 12.8. The van der Waals surface area contributed by atoms with Crippen LogP contribution in [0, 0.1) is 5.41 Å². The molecule has 1 amide bonds. The van der Waals surface area contributed by atoms with Gasteiger partial charge in [0.25, 0.3) is 0 Å². The first-order chi connectivity index (χ1) is 16.4. The van der Waals surface area contributed by atoms with E-state index in [1.807, 2.05) is 90.1 Å². The van der Waals surface area contributed by atoms with Gasteiger partial charge in [0.2, 0.25) is 0 Å². The summed E-state index contributed by atoms with van der Waals surface area (Å²) in [5, 5.41) is 8.29. The maximum Gasteiger partial charge on any atom is 0.407 e. The Morgan fingerprint density at radius 2 is 1.69 bits per heavy atom. The Bertz CT molecular complexity index is 1170. The van der Waals surface area contributed by atoms with Gasteiger partial charge in [-0.1, -0.05) is 63.2 Å². The highest BCUT2D eigenvalue weighted by atomic mass is 16.6. The van der Waals surface area contributed by atoms with Gasteiger partial charge in [0.1, 0.15) is 23.5 Å². The molecule has 1 heterocycles. The molecule has 0 radical (unpaired) electrons. The van der Waals surface area contributed by atoms with Crippen molar-refractivity contribution < 1.29 is 23.8 Å². The molecule has 0 fully saturated rings. The van der Waals surface area contributed by atoms with E-state index in [9.17, 15) is 9.59 Å². The quantitative estimate of drug-likeness (QED) is 0.458. The topological polar surface area (TPSA) is 91.7 Å². The summed E-state index contributed by atoms with van der Waals surface area (Å²) >= 11 is 0. The smallest absolute Gasteiger partial charge is 0.407 e. The number of benzene rings is 2. The molecule has 0 unspecified atom stereocenters. The molecule has 1 aromatic heterocycles. The lowest BCUT2D eigenvalue weighted by atomic mass is 9.86. The second kappa shape index (κ2) is 10.4. The monoisotopic (exact) mass is 481 g/mol. The molecule has 0 aliphatic heterocycles. The number of amides is 1. The van der Waals surface area contributed by atoms with E-state index in [-0.39, 0.29) is 18.0 Å². The standard InChI is InChI=1S/C27H35N3O5/c1-26(2,3)21(28-25(32)35-27(4,5)6)16-30-23(24(31)33-7)19-14-11-15-20(22(19)29-30)34-17-18-12-9-8-10-13-18/h8-15,21H,16-17H2,1-7H3,(H,28,32)/t21-/m0/s1. The number of fused-ring (bicyclic) bond motifs is 1. The minimum absolute atomic E-state index is 0.236. The molecule has 3 aromatic rings. The number of alkyl carbamates (subject to hydrolysis) is 1. The summed E-state index contributed by atoms with van der Waals surface area (Å²) < 4.78 is 18.2. The molecular weight excluding hydrogens is 446 g/mol. The second-order valence-electron chi connectivity index (χ2n) is 10.5. The van der Waals surface area contributed by atoms with Crippen molar-refractivity contribution in [2.24, 2.45) is 5.41 Å². The SMILES string of the molecule is COC(=O)c1c2cccc(OCc3ccccc3)c2nn1C[C@H](NC(=O)OC(C)(C)C)C(C)(C)C. The first-order valence-electron chi connectivity index (χ1n) is 11.6. The Labute approximate surface area is 206 Å². The Hall–Kier alpha value is -3.55. The van der Waals surface area contributed by atoms with Crippen LogP contribution in [0.4, 0.5) is 4.79 Å². The average molecular weight is 482 g/mol. The number of rotatable bonds is 7. The van der Waals surface area contributed by atoms with Crippen LogP contribution in [-0.4, -0.2) is 40.6 Å². The van der Waals surface area contributed by atoms with Crippen molar-refractivity contribution >= 4 is 23.0 Å². The lowest BCUT2D eigenvalue weighted by Crippen LogP contribution is -2.48. The number of esters is 1. The number of carbonyl (C=O) groups excluding carboxylic acids is 2. The largest absolute Gasteiger partial charge is 0.487 e. The first kappa shape index (κ1) is 26.1. The van der Waals surface area contributed by atoms with Gasteiger partial charge in [-0.15, -0.1) is 0 Å². The molecule has 3 rings (SSSR count). The van der Waals surface area contributed by atoms with Crippen molar-refractivity contribution in [3.63, 3.8) is 0 Å².